The maximum absolute atomic E-state index is 12.6. The predicted octanol–water partition coefficient (Wildman–Crippen LogP) is 5.23. The molecule has 2 aromatic carbocycles. The summed E-state index contributed by atoms with van der Waals surface area (Å²) in [6, 6.07) is 18.8. The minimum atomic E-state index is -0.420. The summed E-state index contributed by atoms with van der Waals surface area (Å²) >= 11 is 5.94. The van der Waals surface area contributed by atoms with Crippen LogP contribution < -0.4 is 15.4 Å². The lowest BCUT2D eigenvalue weighted by Crippen LogP contribution is -2.17. The van der Waals surface area contributed by atoms with Crippen molar-refractivity contribution in [1.82, 2.24) is 9.78 Å². The molecule has 4 aromatic rings. The summed E-state index contributed by atoms with van der Waals surface area (Å²) in [7, 11) is 0. The van der Waals surface area contributed by atoms with Gasteiger partial charge in [-0.1, -0.05) is 23.7 Å². The maximum atomic E-state index is 12.6. The number of rotatable bonds is 8. The summed E-state index contributed by atoms with van der Waals surface area (Å²) in [5.74, 6) is 0.533. The van der Waals surface area contributed by atoms with Gasteiger partial charge in [-0.15, -0.1) is 0 Å². The van der Waals surface area contributed by atoms with Crippen molar-refractivity contribution >= 4 is 34.8 Å². The highest BCUT2D eigenvalue weighted by Gasteiger charge is 2.14. The standard InChI is InChI=1S/C24H21ClN4O4/c1-2-29-21(11-12-26-29)23(30)27-17-6-4-7-18(14-17)28-24(31)22-10-9-20(33-22)15-32-19-8-3-5-16(25)13-19/h3-14H,2,15H2,1H3,(H,27,30)(H,28,31). The first-order chi connectivity index (χ1) is 16.0. The Morgan fingerprint density at radius 2 is 1.76 bits per heavy atom. The first-order valence-electron chi connectivity index (χ1n) is 10.2. The number of carbonyl (C=O) groups is 2. The quantitative estimate of drug-likeness (QED) is 0.372. The van der Waals surface area contributed by atoms with E-state index in [1.165, 1.54) is 0 Å². The molecule has 0 aliphatic rings. The number of amides is 2. The molecule has 0 atom stereocenters. The molecule has 168 valence electrons. The van der Waals surface area contributed by atoms with Crippen LogP contribution in [0.25, 0.3) is 0 Å². The van der Waals surface area contributed by atoms with Gasteiger partial charge in [-0.25, -0.2) is 0 Å². The molecule has 4 rings (SSSR count). The SMILES string of the molecule is CCn1nccc1C(=O)Nc1cccc(NC(=O)c2ccc(COc3cccc(Cl)c3)o2)c1. The number of hydrogen-bond acceptors (Lipinski definition) is 5. The summed E-state index contributed by atoms with van der Waals surface area (Å²) in [5.41, 5.74) is 1.50. The van der Waals surface area contributed by atoms with E-state index in [0.29, 0.717) is 40.1 Å². The zero-order valence-electron chi connectivity index (χ0n) is 17.7. The van der Waals surface area contributed by atoms with Gasteiger partial charge in [0.15, 0.2) is 5.76 Å². The molecule has 8 nitrogen and oxygen atoms in total. The van der Waals surface area contributed by atoms with E-state index < -0.39 is 5.91 Å². The Labute approximate surface area is 195 Å². The Balaban J connectivity index is 1.36. The van der Waals surface area contributed by atoms with Crippen molar-refractivity contribution in [2.75, 3.05) is 10.6 Å². The third-order valence-corrected chi connectivity index (χ3v) is 4.92. The summed E-state index contributed by atoms with van der Waals surface area (Å²) in [6.07, 6.45) is 1.58. The van der Waals surface area contributed by atoms with Crippen LogP contribution in [0, 0.1) is 0 Å². The summed E-state index contributed by atoms with van der Waals surface area (Å²) < 4.78 is 12.8. The lowest BCUT2D eigenvalue weighted by molar-refractivity contribution is 0.0990. The fourth-order valence-electron chi connectivity index (χ4n) is 3.13. The van der Waals surface area contributed by atoms with E-state index in [0.717, 1.165) is 0 Å². The predicted molar refractivity (Wildman–Crippen MR) is 125 cm³/mol. The van der Waals surface area contributed by atoms with Crippen LogP contribution in [-0.4, -0.2) is 21.6 Å². The summed E-state index contributed by atoms with van der Waals surface area (Å²) in [5, 5.41) is 10.2. The Kier molecular flexibility index (Phi) is 6.75. The van der Waals surface area contributed by atoms with Crippen LogP contribution in [0.15, 0.2) is 77.3 Å². The highest BCUT2D eigenvalue weighted by molar-refractivity contribution is 6.30. The molecular formula is C24H21ClN4O4. The molecule has 0 fully saturated rings. The number of halogens is 1. The highest BCUT2D eigenvalue weighted by Crippen LogP contribution is 2.20. The lowest BCUT2D eigenvalue weighted by atomic mass is 10.2. The number of anilines is 2. The van der Waals surface area contributed by atoms with Crippen molar-refractivity contribution < 1.29 is 18.7 Å². The van der Waals surface area contributed by atoms with Crippen LogP contribution in [0.3, 0.4) is 0 Å². The van der Waals surface area contributed by atoms with Crippen LogP contribution in [0.2, 0.25) is 5.02 Å². The van der Waals surface area contributed by atoms with E-state index >= 15 is 0 Å². The van der Waals surface area contributed by atoms with E-state index in [1.807, 2.05) is 6.92 Å². The van der Waals surface area contributed by atoms with E-state index in [-0.39, 0.29) is 18.3 Å². The van der Waals surface area contributed by atoms with Crippen molar-refractivity contribution in [3.63, 3.8) is 0 Å². The first-order valence-corrected chi connectivity index (χ1v) is 10.6. The molecular weight excluding hydrogens is 444 g/mol. The highest BCUT2D eigenvalue weighted by atomic mass is 35.5. The molecule has 2 N–H and O–H groups in total. The number of nitrogens with one attached hydrogen (secondary N) is 2. The average Bonchev–Trinajstić information content (AvgIpc) is 3.48. The number of ether oxygens (including phenoxy) is 1. The Morgan fingerprint density at radius 3 is 2.52 bits per heavy atom. The van der Waals surface area contributed by atoms with Crippen LogP contribution in [0.5, 0.6) is 5.75 Å². The third-order valence-electron chi connectivity index (χ3n) is 4.69. The number of carbonyl (C=O) groups excluding carboxylic acids is 2. The molecule has 0 unspecified atom stereocenters. The van der Waals surface area contributed by atoms with Gasteiger partial charge >= 0.3 is 0 Å². The topological polar surface area (TPSA) is 98.4 Å². The normalized spacial score (nSPS) is 10.6. The summed E-state index contributed by atoms with van der Waals surface area (Å²) in [4.78, 5) is 25.1. The molecule has 0 spiro atoms. The van der Waals surface area contributed by atoms with Gasteiger partial charge in [-0.05, 0) is 61.5 Å². The third kappa shape index (κ3) is 5.61. The van der Waals surface area contributed by atoms with E-state index in [4.69, 9.17) is 20.8 Å². The van der Waals surface area contributed by atoms with Crippen molar-refractivity contribution in [2.45, 2.75) is 20.1 Å². The van der Waals surface area contributed by atoms with Crippen LogP contribution in [0.1, 0.15) is 33.7 Å². The molecule has 2 amide bonds. The number of furan rings is 1. The van der Waals surface area contributed by atoms with Crippen molar-refractivity contribution in [2.24, 2.45) is 0 Å². The van der Waals surface area contributed by atoms with E-state index in [1.54, 1.807) is 77.6 Å². The van der Waals surface area contributed by atoms with Crippen LogP contribution in [-0.2, 0) is 13.2 Å². The molecule has 9 heteroatoms. The largest absolute Gasteiger partial charge is 0.486 e. The Hall–Kier alpha value is -4.04. The second-order valence-electron chi connectivity index (χ2n) is 7.03. The van der Waals surface area contributed by atoms with Gasteiger partial charge in [0.25, 0.3) is 11.8 Å². The second kappa shape index (κ2) is 10.1. The number of nitrogens with zero attached hydrogens (tertiary/aromatic N) is 2. The molecule has 0 saturated carbocycles. The van der Waals surface area contributed by atoms with Gasteiger partial charge in [-0.3, -0.25) is 14.3 Å². The molecule has 0 aliphatic carbocycles. The number of aryl methyl sites for hydroxylation is 1. The first kappa shape index (κ1) is 22.2. The van der Waals surface area contributed by atoms with Gasteiger partial charge in [-0.2, -0.15) is 5.10 Å². The van der Waals surface area contributed by atoms with Crippen LogP contribution >= 0.6 is 11.6 Å². The van der Waals surface area contributed by atoms with Crippen molar-refractivity contribution in [1.29, 1.82) is 0 Å². The maximum Gasteiger partial charge on any atom is 0.291 e. The molecule has 33 heavy (non-hydrogen) atoms. The molecule has 2 heterocycles. The minimum Gasteiger partial charge on any atom is -0.486 e. The zero-order valence-corrected chi connectivity index (χ0v) is 18.5. The Bertz CT molecular complexity index is 1280. The van der Waals surface area contributed by atoms with Gasteiger partial charge in [0.05, 0.1) is 0 Å². The fraction of sp³-hybridized carbons (Fsp3) is 0.125. The number of aromatic nitrogens is 2. The lowest BCUT2D eigenvalue weighted by Gasteiger charge is -2.09. The Morgan fingerprint density at radius 1 is 1.00 bits per heavy atom. The van der Waals surface area contributed by atoms with Crippen molar-refractivity contribution in [3.05, 3.63) is 95.2 Å². The van der Waals surface area contributed by atoms with Gasteiger partial charge in [0.2, 0.25) is 0 Å². The average molecular weight is 465 g/mol. The molecule has 0 aliphatic heterocycles. The number of benzene rings is 2. The van der Waals surface area contributed by atoms with E-state index in [9.17, 15) is 9.59 Å². The molecule has 0 saturated heterocycles. The fourth-order valence-corrected chi connectivity index (χ4v) is 3.31. The number of hydrogen-bond donors (Lipinski definition) is 2. The van der Waals surface area contributed by atoms with Gasteiger partial charge in [0, 0.05) is 29.1 Å². The minimum absolute atomic E-state index is 0.140. The van der Waals surface area contributed by atoms with Crippen molar-refractivity contribution in [3.8, 4) is 5.75 Å². The molecule has 2 aromatic heterocycles. The molecule has 0 bridgehead atoms. The second-order valence-corrected chi connectivity index (χ2v) is 7.47. The van der Waals surface area contributed by atoms with E-state index in [2.05, 4.69) is 15.7 Å². The summed E-state index contributed by atoms with van der Waals surface area (Å²) in [6.45, 7) is 2.65. The van der Waals surface area contributed by atoms with Gasteiger partial charge in [0.1, 0.15) is 23.8 Å². The smallest absolute Gasteiger partial charge is 0.291 e. The van der Waals surface area contributed by atoms with Gasteiger partial charge < -0.3 is 19.8 Å². The molecule has 0 radical (unpaired) electrons. The van der Waals surface area contributed by atoms with Crippen LogP contribution in [0.4, 0.5) is 11.4 Å². The zero-order chi connectivity index (χ0) is 23.2. The monoisotopic (exact) mass is 464 g/mol.